The fourth-order valence-electron chi connectivity index (χ4n) is 1.26. The van der Waals surface area contributed by atoms with Crippen LogP contribution in [0, 0.1) is 5.41 Å². The number of hydrogen-bond donors (Lipinski definition) is 2. The molecule has 2 N–H and O–H groups in total. The number of amides is 2. The molecule has 8 heteroatoms. The first kappa shape index (κ1) is 17.3. The van der Waals surface area contributed by atoms with Gasteiger partial charge in [0.2, 0.25) is 0 Å². The number of nitrogens with zero attached hydrogens (tertiary/aromatic N) is 1. The van der Waals surface area contributed by atoms with E-state index in [9.17, 15) is 18.0 Å². The Morgan fingerprint density at radius 1 is 1.29 bits per heavy atom. The van der Waals surface area contributed by atoms with E-state index in [4.69, 9.17) is 11.6 Å². The topological polar surface area (TPSA) is 53.5 Å². The van der Waals surface area contributed by atoms with Gasteiger partial charge in [0.1, 0.15) is 0 Å². The van der Waals surface area contributed by atoms with E-state index in [0.29, 0.717) is 0 Å². The van der Waals surface area contributed by atoms with Crippen molar-refractivity contribution in [3.05, 3.63) is 28.8 Å². The number of alkyl halides is 3. The molecule has 0 aliphatic heterocycles. The van der Waals surface area contributed by atoms with Crippen LogP contribution in [0.25, 0.3) is 0 Å². The first-order valence-corrected chi connectivity index (χ1v) is 6.35. The summed E-state index contributed by atoms with van der Waals surface area (Å²) < 4.78 is 38.0. The third-order valence-corrected chi connectivity index (χ3v) is 2.48. The fraction of sp³-hybridized carbons (Fsp3) is 0.385. The van der Waals surface area contributed by atoms with Gasteiger partial charge in [-0.3, -0.25) is 0 Å². The Morgan fingerprint density at radius 2 is 1.90 bits per heavy atom. The maximum absolute atomic E-state index is 12.7. The van der Waals surface area contributed by atoms with Gasteiger partial charge in [-0.15, -0.1) is 0 Å². The van der Waals surface area contributed by atoms with Crippen molar-refractivity contribution in [2.45, 2.75) is 26.9 Å². The summed E-state index contributed by atoms with van der Waals surface area (Å²) in [5, 5.41) is 5.51. The van der Waals surface area contributed by atoms with Crippen LogP contribution in [0.2, 0.25) is 5.02 Å². The molecule has 1 aromatic carbocycles. The lowest BCUT2D eigenvalue weighted by atomic mass is 9.99. The van der Waals surface area contributed by atoms with Crippen LogP contribution in [0.4, 0.5) is 23.7 Å². The van der Waals surface area contributed by atoms with Gasteiger partial charge in [-0.25, -0.2) is 10.2 Å². The van der Waals surface area contributed by atoms with Crippen LogP contribution in [0.3, 0.4) is 0 Å². The molecule has 0 saturated carbocycles. The van der Waals surface area contributed by atoms with Crippen LogP contribution in [-0.4, -0.2) is 12.2 Å². The molecular formula is C13H15ClF3N3O. The SMILES string of the molecule is CC(C)(C)/C=N/NC(=O)Nc1ccc(Cl)c(C(F)(F)F)c1. The number of rotatable bonds is 2. The van der Waals surface area contributed by atoms with Gasteiger partial charge < -0.3 is 5.32 Å². The van der Waals surface area contributed by atoms with Gasteiger partial charge in [-0.2, -0.15) is 18.3 Å². The zero-order valence-electron chi connectivity index (χ0n) is 11.7. The molecule has 0 unspecified atom stereocenters. The largest absolute Gasteiger partial charge is 0.417 e. The predicted octanol–water partition coefficient (Wildman–Crippen LogP) is 4.51. The first-order valence-electron chi connectivity index (χ1n) is 5.97. The van der Waals surface area contributed by atoms with E-state index in [1.165, 1.54) is 12.3 Å². The Balaban J connectivity index is 2.76. The third kappa shape index (κ3) is 6.03. The Labute approximate surface area is 125 Å². The summed E-state index contributed by atoms with van der Waals surface area (Å²) in [5.74, 6) is 0. The second kappa shape index (κ2) is 6.34. The maximum atomic E-state index is 12.7. The van der Waals surface area contributed by atoms with E-state index >= 15 is 0 Å². The van der Waals surface area contributed by atoms with E-state index in [2.05, 4.69) is 15.8 Å². The molecular weight excluding hydrogens is 307 g/mol. The Morgan fingerprint density at radius 3 is 2.43 bits per heavy atom. The van der Waals surface area contributed by atoms with Crippen molar-refractivity contribution in [1.29, 1.82) is 0 Å². The summed E-state index contributed by atoms with van der Waals surface area (Å²) in [7, 11) is 0. The van der Waals surface area contributed by atoms with Gasteiger partial charge in [0.15, 0.2) is 0 Å². The average molecular weight is 322 g/mol. The minimum Gasteiger partial charge on any atom is -0.307 e. The maximum Gasteiger partial charge on any atom is 0.417 e. The highest BCUT2D eigenvalue weighted by atomic mass is 35.5. The van der Waals surface area contributed by atoms with E-state index in [-0.39, 0.29) is 11.1 Å². The summed E-state index contributed by atoms with van der Waals surface area (Å²) in [6.07, 6.45) is -3.08. The number of urea groups is 1. The lowest BCUT2D eigenvalue weighted by molar-refractivity contribution is -0.137. The smallest absolute Gasteiger partial charge is 0.307 e. The molecule has 0 radical (unpaired) electrons. The number of hydrogen-bond acceptors (Lipinski definition) is 2. The number of carbonyl (C=O) groups is 1. The molecule has 0 heterocycles. The molecule has 0 fully saturated rings. The summed E-state index contributed by atoms with van der Waals surface area (Å²) in [6, 6.07) is 2.35. The van der Waals surface area contributed by atoms with Gasteiger partial charge in [-0.05, 0) is 23.6 Å². The lowest BCUT2D eigenvalue weighted by Crippen LogP contribution is -2.25. The Bertz CT molecular complexity index is 551. The molecule has 2 amide bonds. The van der Waals surface area contributed by atoms with Crippen molar-refractivity contribution in [3.8, 4) is 0 Å². The Kier molecular flexibility index (Phi) is 5.22. The molecule has 0 saturated heterocycles. The fourth-order valence-corrected chi connectivity index (χ4v) is 1.49. The number of benzene rings is 1. The Hall–Kier alpha value is -1.76. The monoisotopic (exact) mass is 321 g/mol. The number of halogens is 4. The molecule has 0 aliphatic carbocycles. The van der Waals surface area contributed by atoms with Gasteiger partial charge in [-0.1, -0.05) is 32.4 Å². The van der Waals surface area contributed by atoms with Crippen molar-refractivity contribution in [2.75, 3.05) is 5.32 Å². The summed E-state index contributed by atoms with van der Waals surface area (Å²) in [6.45, 7) is 5.64. The average Bonchev–Trinajstić information content (AvgIpc) is 2.28. The molecule has 21 heavy (non-hydrogen) atoms. The van der Waals surface area contributed by atoms with Gasteiger partial charge in [0.05, 0.1) is 10.6 Å². The van der Waals surface area contributed by atoms with Crippen LogP contribution < -0.4 is 10.7 Å². The standard InChI is InChI=1S/C13H15ClF3N3O/c1-12(2,3)7-18-20-11(21)19-8-4-5-10(14)9(6-8)13(15,16)17/h4-7H,1-3H3,(H2,19,20,21)/b18-7+. The highest BCUT2D eigenvalue weighted by Gasteiger charge is 2.33. The zero-order chi connectivity index (χ0) is 16.3. The van der Waals surface area contributed by atoms with Crippen LogP contribution in [0.5, 0.6) is 0 Å². The molecule has 0 spiro atoms. The molecule has 0 atom stereocenters. The molecule has 1 aromatic rings. The number of anilines is 1. The van der Waals surface area contributed by atoms with Crippen molar-refractivity contribution in [1.82, 2.24) is 5.43 Å². The second-order valence-corrected chi connectivity index (χ2v) is 5.79. The van der Waals surface area contributed by atoms with Crippen LogP contribution >= 0.6 is 11.6 Å². The highest BCUT2D eigenvalue weighted by Crippen LogP contribution is 2.36. The van der Waals surface area contributed by atoms with Crippen LogP contribution in [-0.2, 0) is 6.18 Å². The van der Waals surface area contributed by atoms with Crippen molar-refractivity contribution < 1.29 is 18.0 Å². The number of carbonyl (C=O) groups excluding carboxylic acids is 1. The summed E-state index contributed by atoms with van der Waals surface area (Å²) >= 11 is 5.48. The minimum absolute atomic E-state index is 0.0322. The van der Waals surface area contributed by atoms with Crippen LogP contribution in [0.1, 0.15) is 26.3 Å². The van der Waals surface area contributed by atoms with E-state index < -0.39 is 22.8 Å². The first-order chi connectivity index (χ1) is 9.49. The third-order valence-electron chi connectivity index (χ3n) is 2.15. The number of hydrazone groups is 1. The van der Waals surface area contributed by atoms with Crippen molar-refractivity contribution in [3.63, 3.8) is 0 Å². The number of nitrogens with one attached hydrogen (secondary N) is 2. The quantitative estimate of drug-likeness (QED) is 0.611. The summed E-state index contributed by atoms with van der Waals surface area (Å²) in [4.78, 5) is 11.5. The second-order valence-electron chi connectivity index (χ2n) is 5.38. The van der Waals surface area contributed by atoms with Gasteiger partial charge in [0.25, 0.3) is 0 Å². The summed E-state index contributed by atoms with van der Waals surface area (Å²) in [5.41, 5.74) is 0.894. The molecule has 4 nitrogen and oxygen atoms in total. The van der Waals surface area contributed by atoms with E-state index in [1.54, 1.807) is 0 Å². The van der Waals surface area contributed by atoms with Gasteiger partial charge >= 0.3 is 12.2 Å². The van der Waals surface area contributed by atoms with Gasteiger partial charge in [0, 0.05) is 11.9 Å². The van der Waals surface area contributed by atoms with Crippen molar-refractivity contribution >= 4 is 29.5 Å². The predicted molar refractivity (Wildman–Crippen MR) is 76.6 cm³/mol. The molecule has 0 aromatic heterocycles. The van der Waals surface area contributed by atoms with Crippen LogP contribution in [0.15, 0.2) is 23.3 Å². The molecule has 0 bridgehead atoms. The zero-order valence-corrected chi connectivity index (χ0v) is 12.4. The van der Waals surface area contributed by atoms with E-state index in [1.807, 2.05) is 20.8 Å². The molecule has 0 aliphatic rings. The molecule has 1 rings (SSSR count). The normalized spacial score (nSPS) is 12.5. The molecule has 116 valence electrons. The minimum atomic E-state index is -4.59. The highest BCUT2D eigenvalue weighted by molar-refractivity contribution is 6.31. The lowest BCUT2D eigenvalue weighted by Gasteiger charge is -2.12. The van der Waals surface area contributed by atoms with Crippen molar-refractivity contribution in [2.24, 2.45) is 10.5 Å². The van der Waals surface area contributed by atoms with E-state index in [0.717, 1.165) is 12.1 Å².